The van der Waals surface area contributed by atoms with Crippen molar-refractivity contribution in [3.05, 3.63) is 85.9 Å². The van der Waals surface area contributed by atoms with Gasteiger partial charge < -0.3 is 10.1 Å². The second-order valence-corrected chi connectivity index (χ2v) is 8.13. The number of benzene rings is 2. The lowest BCUT2D eigenvalue weighted by molar-refractivity contribution is -0.116. The van der Waals surface area contributed by atoms with Gasteiger partial charge in [0, 0.05) is 5.69 Å². The molecule has 4 rings (SSSR count). The lowest BCUT2D eigenvalue weighted by Gasteiger charge is -2.14. The van der Waals surface area contributed by atoms with Crippen LogP contribution in [0.4, 0.5) is 5.69 Å². The van der Waals surface area contributed by atoms with Gasteiger partial charge in [0.1, 0.15) is 17.0 Å². The number of methoxy groups -OCH3 is 1. The monoisotopic (exact) mass is 435 g/mol. The Kier molecular flexibility index (Phi) is 5.48. The SMILES string of the molecule is COc1ccc(NC(=O)Cn2c(=O)n(-c3ccc(C)cc3C)c(=O)c3sccc32)cc1. The number of aryl methyl sites for hydroxylation is 2. The van der Waals surface area contributed by atoms with Crippen LogP contribution in [0.25, 0.3) is 15.9 Å². The molecule has 0 aliphatic heterocycles. The number of fused-ring (bicyclic) bond motifs is 1. The highest BCUT2D eigenvalue weighted by atomic mass is 32.1. The van der Waals surface area contributed by atoms with Crippen molar-refractivity contribution in [1.29, 1.82) is 0 Å². The quantitative estimate of drug-likeness (QED) is 0.520. The molecule has 0 aliphatic rings. The summed E-state index contributed by atoms with van der Waals surface area (Å²) in [7, 11) is 1.57. The maximum absolute atomic E-state index is 13.3. The van der Waals surface area contributed by atoms with Crippen molar-refractivity contribution >= 4 is 33.1 Å². The van der Waals surface area contributed by atoms with Crippen molar-refractivity contribution < 1.29 is 9.53 Å². The van der Waals surface area contributed by atoms with E-state index in [9.17, 15) is 14.4 Å². The maximum Gasteiger partial charge on any atom is 0.336 e. The van der Waals surface area contributed by atoms with Crippen LogP contribution < -0.4 is 21.3 Å². The number of rotatable bonds is 5. The van der Waals surface area contributed by atoms with Crippen LogP contribution in [0.1, 0.15) is 11.1 Å². The minimum Gasteiger partial charge on any atom is -0.497 e. The number of thiophene rings is 1. The molecule has 4 aromatic rings. The summed E-state index contributed by atoms with van der Waals surface area (Å²) in [5.74, 6) is 0.306. The van der Waals surface area contributed by atoms with Crippen LogP contribution in [0.15, 0.2) is 63.5 Å². The summed E-state index contributed by atoms with van der Waals surface area (Å²) >= 11 is 1.25. The molecule has 31 heavy (non-hydrogen) atoms. The van der Waals surface area contributed by atoms with Gasteiger partial charge in [0.15, 0.2) is 0 Å². The van der Waals surface area contributed by atoms with E-state index < -0.39 is 5.69 Å². The zero-order valence-corrected chi connectivity index (χ0v) is 18.2. The zero-order chi connectivity index (χ0) is 22.1. The molecule has 1 amide bonds. The van der Waals surface area contributed by atoms with Gasteiger partial charge >= 0.3 is 5.69 Å². The van der Waals surface area contributed by atoms with Gasteiger partial charge in [-0.25, -0.2) is 9.36 Å². The van der Waals surface area contributed by atoms with E-state index in [1.54, 1.807) is 48.9 Å². The van der Waals surface area contributed by atoms with Gasteiger partial charge in [-0.1, -0.05) is 17.7 Å². The fourth-order valence-corrected chi connectivity index (χ4v) is 4.35. The number of nitrogens with one attached hydrogen (secondary N) is 1. The Labute approximate surface area is 182 Å². The van der Waals surface area contributed by atoms with Gasteiger partial charge in [0.05, 0.1) is 18.3 Å². The highest BCUT2D eigenvalue weighted by Gasteiger charge is 2.18. The summed E-state index contributed by atoms with van der Waals surface area (Å²) in [6.45, 7) is 3.58. The maximum atomic E-state index is 13.3. The number of aromatic nitrogens is 2. The fraction of sp³-hybridized carbons (Fsp3) is 0.174. The number of hydrogen-bond donors (Lipinski definition) is 1. The molecule has 0 aliphatic carbocycles. The molecule has 0 spiro atoms. The highest BCUT2D eigenvalue weighted by Crippen LogP contribution is 2.19. The Bertz CT molecular complexity index is 1400. The van der Waals surface area contributed by atoms with E-state index in [1.165, 1.54) is 15.9 Å². The lowest BCUT2D eigenvalue weighted by Crippen LogP contribution is -2.40. The Hall–Kier alpha value is -3.65. The first-order valence-electron chi connectivity index (χ1n) is 9.63. The van der Waals surface area contributed by atoms with Gasteiger partial charge in [-0.3, -0.25) is 14.2 Å². The van der Waals surface area contributed by atoms with Crippen molar-refractivity contribution in [2.45, 2.75) is 20.4 Å². The number of anilines is 1. The van der Waals surface area contributed by atoms with Crippen LogP contribution in [-0.2, 0) is 11.3 Å². The Morgan fingerprint density at radius 3 is 2.48 bits per heavy atom. The average Bonchev–Trinajstić information content (AvgIpc) is 3.23. The third-order valence-electron chi connectivity index (χ3n) is 5.02. The zero-order valence-electron chi connectivity index (χ0n) is 17.3. The third-order valence-corrected chi connectivity index (χ3v) is 5.92. The van der Waals surface area contributed by atoms with Crippen molar-refractivity contribution in [2.75, 3.05) is 12.4 Å². The molecule has 2 heterocycles. The molecule has 2 aromatic heterocycles. The van der Waals surface area contributed by atoms with Crippen molar-refractivity contribution in [1.82, 2.24) is 9.13 Å². The molecular weight excluding hydrogens is 414 g/mol. The van der Waals surface area contributed by atoms with Crippen LogP contribution in [0.2, 0.25) is 0 Å². The lowest BCUT2D eigenvalue weighted by atomic mass is 10.1. The van der Waals surface area contributed by atoms with Crippen molar-refractivity contribution in [3.8, 4) is 11.4 Å². The first-order chi connectivity index (χ1) is 14.9. The molecular formula is C23H21N3O4S. The molecule has 2 aromatic carbocycles. The molecule has 0 saturated carbocycles. The number of amides is 1. The predicted octanol–water partition coefficient (Wildman–Crippen LogP) is 3.48. The Morgan fingerprint density at radius 1 is 1.06 bits per heavy atom. The van der Waals surface area contributed by atoms with E-state index >= 15 is 0 Å². The van der Waals surface area contributed by atoms with Gasteiger partial charge in [0.2, 0.25) is 5.91 Å². The number of nitrogens with zero attached hydrogens (tertiary/aromatic N) is 2. The van der Waals surface area contributed by atoms with E-state index in [-0.39, 0.29) is 18.0 Å². The molecule has 7 nitrogen and oxygen atoms in total. The molecule has 158 valence electrons. The van der Waals surface area contributed by atoms with E-state index in [4.69, 9.17) is 4.74 Å². The van der Waals surface area contributed by atoms with Crippen molar-refractivity contribution in [3.63, 3.8) is 0 Å². The average molecular weight is 436 g/mol. The Morgan fingerprint density at radius 2 is 1.81 bits per heavy atom. The van der Waals surface area contributed by atoms with E-state index in [2.05, 4.69) is 5.32 Å². The molecule has 0 atom stereocenters. The summed E-state index contributed by atoms with van der Waals surface area (Å²) in [4.78, 5) is 39.1. The minimum atomic E-state index is -0.548. The molecule has 0 radical (unpaired) electrons. The van der Waals surface area contributed by atoms with Crippen LogP contribution in [0.5, 0.6) is 5.75 Å². The van der Waals surface area contributed by atoms with E-state index in [0.29, 0.717) is 27.3 Å². The number of hydrogen-bond acceptors (Lipinski definition) is 5. The van der Waals surface area contributed by atoms with Crippen LogP contribution >= 0.6 is 11.3 Å². The Balaban J connectivity index is 1.77. The van der Waals surface area contributed by atoms with Gasteiger partial charge in [-0.2, -0.15) is 0 Å². The highest BCUT2D eigenvalue weighted by molar-refractivity contribution is 7.17. The molecule has 0 fully saturated rings. The second-order valence-electron chi connectivity index (χ2n) is 7.21. The van der Waals surface area contributed by atoms with Gasteiger partial charge in [0.25, 0.3) is 5.56 Å². The summed E-state index contributed by atoms with van der Waals surface area (Å²) in [6.07, 6.45) is 0. The number of carbonyl (C=O) groups is 1. The van der Waals surface area contributed by atoms with Crippen LogP contribution in [0, 0.1) is 13.8 Å². The third kappa shape index (κ3) is 3.89. The molecule has 0 bridgehead atoms. The second kappa shape index (κ2) is 8.23. The van der Waals surface area contributed by atoms with Gasteiger partial charge in [-0.05, 0) is 61.2 Å². The topological polar surface area (TPSA) is 82.3 Å². The largest absolute Gasteiger partial charge is 0.497 e. The molecule has 8 heteroatoms. The number of carbonyl (C=O) groups excluding carboxylic acids is 1. The first-order valence-corrected chi connectivity index (χ1v) is 10.5. The van der Waals surface area contributed by atoms with Crippen molar-refractivity contribution in [2.24, 2.45) is 0 Å². The fourth-order valence-electron chi connectivity index (χ4n) is 3.53. The predicted molar refractivity (Wildman–Crippen MR) is 123 cm³/mol. The minimum absolute atomic E-state index is 0.219. The summed E-state index contributed by atoms with van der Waals surface area (Å²) in [5, 5.41) is 4.53. The summed E-state index contributed by atoms with van der Waals surface area (Å²) < 4.78 is 8.03. The summed E-state index contributed by atoms with van der Waals surface area (Å²) in [5.41, 5.74) is 2.46. The van der Waals surface area contributed by atoms with E-state index in [1.807, 2.05) is 26.0 Å². The van der Waals surface area contributed by atoms with Crippen LogP contribution in [-0.4, -0.2) is 22.2 Å². The first kappa shape index (κ1) is 20.6. The number of ether oxygens (including phenoxy) is 1. The van der Waals surface area contributed by atoms with Gasteiger partial charge in [-0.15, -0.1) is 11.3 Å². The summed E-state index contributed by atoms with van der Waals surface area (Å²) in [6, 6.07) is 14.1. The normalized spacial score (nSPS) is 10.9. The molecule has 1 N–H and O–H groups in total. The standard InChI is InChI=1S/C23H21N3O4S/c1-14-4-9-18(15(2)12-14)26-22(28)21-19(10-11-31-21)25(23(26)29)13-20(27)24-16-5-7-17(30-3)8-6-16/h4-12H,13H2,1-3H3,(H,24,27). The van der Waals surface area contributed by atoms with E-state index in [0.717, 1.165) is 15.7 Å². The molecule has 0 saturated heterocycles. The smallest absolute Gasteiger partial charge is 0.336 e. The van der Waals surface area contributed by atoms with Crippen LogP contribution in [0.3, 0.4) is 0 Å². The molecule has 0 unspecified atom stereocenters.